The number of benzene rings is 2. The van der Waals surface area contributed by atoms with Crippen LogP contribution in [0.1, 0.15) is 47.3 Å². The second-order valence-electron chi connectivity index (χ2n) is 6.28. The van der Waals surface area contributed by atoms with Crippen molar-refractivity contribution in [3.8, 4) is 0 Å². The Bertz CT molecular complexity index is 913. The van der Waals surface area contributed by atoms with E-state index in [0.29, 0.717) is 5.69 Å². The van der Waals surface area contributed by atoms with E-state index in [-0.39, 0.29) is 40.6 Å². The lowest BCUT2D eigenvalue weighted by molar-refractivity contribution is 0.0929. The molecule has 2 aromatic carbocycles. The van der Waals surface area contributed by atoms with Gasteiger partial charge in [-0.15, -0.1) is 12.4 Å². The lowest BCUT2D eigenvalue weighted by atomic mass is 9.87. The van der Waals surface area contributed by atoms with Crippen molar-refractivity contribution in [3.05, 3.63) is 59.2 Å². The molecule has 26 heavy (non-hydrogen) atoms. The van der Waals surface area contributed by atoms with Crippen LogP contribution in [-0.2, 0) is 16.3 Å². The fraction of sp³-hybridized carbons (Fsp3) is 0.316. The Balaban J connectivity index is 0.00000243. The molecule has 0 spiro atoms. The van der Waals surface area contributed by atoms with Crippen molar-refractivity contribution in [3.63, 3.8) is 0 Å². The molecule has 0 bridgehead atoms. The maximum Gasteiger partial charge on any atom is 0.253 e. The van der Waals surface area contributed by atoms with E-state index in [4.69, 9.17) is 5.73 Å². The van der Waals surface area contributed by atoms with Crippen LogP contribution in [0, 0.1) is 0 Å². The third-order valence-electron chi connectivity index (χ3n) is 4.63. The van der Waals surface area contributed by atoms with Crippen LogP contribution in [0.5, 0.6) is 0 Å². The summed E-state index contributed by atoms with van der Waals surface area (Å²) in [5.41, 5.74) is 8.97. The Hall–Kier alpha value is -2.05. The van der Waals surface area contributed by atoms with Gasteiger partial charge in [0.2, 0.25) is 0 Å². The van der Waals surface area contributed by atoms with E-state index >= 15 is 0 Å². The van der Waals surface area contributed by atoms with Crippen LogP contribution in [-0.4, -0.2) is 20.1 Å². The molecule has 3 rings (SSSR count). The molecule has 3 N–H and O–H groups in total. The molecule has 2 aromatic rings. The summed E-state index contributed by atoms with van der Waals surface area (Å²) in [5, 5.41) is 3.00. The van der Waals surface area contributed by atoms with Gasteiger partial charge in [-0.2, -0.15) is 0 Å². The number of nitrogens with two attached hydrogens (primary N) is 1. The normalized spacial score (nSPS) is 16.3. The third kappa shape index (κ3) is 4.02. The number of rotatable bonds is 4. The summed E-state index contributed by atoms with van der Waals surface area (Å²) in [6.45, 7) is 1.58. The molecule has 1 atom stereocenters. The molecule has 0 saturated carbocycles. The summed E-state index contributed by atoms with van der Waals surface area (Å²) < 4.78 is 24.5. The Morgan fingerprint density at radius 3 is 2.69 bits per heavy atom. The minimum atomic E-state index is -3.46. The highest BCUT2D eigenvalue weighted by Gasteiger charge is 2.25. The molecule has 0 saturated heterocycles. The van der Waals surface area contributed by atoms with Gasteiger partial charge in [0.25, 0.3) is 5.91 Å². The zero-order valence-corrected chi connectivity index (χ0v) is 16.2. The van der Waals surface area contributed by atoms with Crippen LogP contribution in [0.3, 0.4) is 0 Å². The van der Waals surface area contributed by atoms with E-state index in [1.54, 1.807) is 25.1 Å². The SMILES string of the molecule is CCS(=O)(=O)c1ccccc1C(=O)NC1CCCc2cc(N)ccc21.Cl. The first-order chi connectivity index (χ1) is 11.9. The lowest BCUT2D eigenvalue weighted by Gasteiger charge is -2.27. The monoisotopic (exact) mass is 394 g/mol. The molecule has 140 valence electrons. The van der Waals surface area contributed by atoms with Gasteiger partial charge in [-0.3, -0.25) is 4.79 Å². The molecule has 0 aliphatic heterocycles. The summed E-state index contributed by atoms with van der Waals surface area (Å²) in [7, 11) is -3.46. The second-order valence-corrected chi connectivity index (χ2v) is 8.52. The molecule has 0 fully saturated rings. The van der Waals surface area contributed by atoms with Crippen LogP contribution in [0.2, 0.25) is 0 Å². The second kappa shape index (κ2) is 8.10. The molecule has 1 aliphatic rings. The Kier molecular flexibility index (Phi) is 6.31. The van der Waals surface area contributed by atoms with E-state index in [1.807, 2.05) is 18.2 Å². The molecular weight excluding hydrogens is 372 g/mol. The van der Waals surface area contributed by atoms with Gasteiger partial charge in [0.1, 0.15) is 0 Å². The predicted octanol–water partition coefficient (Wildman–Crippen LogP) is 3.29. The number of fused-ring (bicyclic) bond motifs is 1. The van der Waals surface area contributed by atoms with Gasteiger partial charge in [-0.1, -0.05) is 25.1 Å². The van der Waals surface area contributed by atoms with Crippen molar-refractivity contribution in [2.75, 3.05) is 11.5 Å². The zero-order chi connectivity index (χ0) is 18.0. The summed E-state index contributed by atoms with van der Waals surface area (Å²) in [5.74, 6) is -0.398. The average molecular weight is 395 g/mol. The Morgan fingerprint density at radius 1 is 1.23 bits per heavy atom. The van der Waals surface area contributed by atoms with Gasteiger partial charge in [0.05, 0.1) is 22.3 Å². The van der Waals surface area contributed by atoms with Crippen molar-refractivity contribution in [2.24, 2.45) is 0 Å². The van der Waals surface area contributed by atoms with E-state index in [9.17, 15) is 13.2 Å². The number of halogens is 1. The third-order valence-corrected chi connectivity index (χ3v) is 6.42. The van der Waals surface area contributed by atoms with Crippen LogP contribution in [0.4, 0.5) is 5.69 Å². The topological polar surface area (TPSA) is 89.3 Å². The highest BCUT2D eigenvalue weighted by Crippen LogP contribution is 2.31. The molecule has 0 radical (unpaired) electrons. The summed E-state index contributed by atoms with van der Waals surface area (Å²) >= 11 is 0. The number of amides is 1. The van der Waals surface area contributed by atoms with Crippen molar-refractivity contribution in [2.45, 2.75) is 37.1 Å². The largest absolute Gasteiger partial charge is 0.399 e. The highest BCUT2D eigenvalue weighted by atomic mass is 35.5. The fourth-order valence-electron chi connectivity index (χ4n) is 3.30. The minimum absolute atomic E-state index is 0. The summed E-state index contributed by atoms with van der Waals surface area (Å²) in [6.07, 6.45) is 2.72. The van der Waals surface area contributed by atoms with Crippen LogP contribution >= 0.6 is 12.4 Å². The number of nitrogens with one attached hydrogen (secondary N) is 1. The molecule has 7 heteroatoms. The van der Waals surface area contributed by atoms with E-state index in [0.717, 1.165) is 30.4 Å². The van der Waals surface area contributed by atoms with Crippen LogP contribution in [0.25, 0.3) is 0 Å². The van der Waals surface area contributed by atoms with E-state index in [2.05, 4.69) is 5.32 Å². The maximum absolute atomic E-state index is 12.8. The van der Waals surface area contributed by atoms with Gasteiger partial charge in [0.15, 0.2) is 9.84 Å². The van der Waals surface area contributed by atoms with Crippen molar-refractivity contribution in [1.29, 1.82) is 0 Å². The number of carbonyl (C=O) groups excluding carboxylic acids is 1. The number of hydrogen-bond acceptors (Lipinski definition) is 4. The summed E-state index contributed by atoms with van der Waals surface area (Å²) in [4.78, 5) is 12.9. The first kappa shape index (κ1) is 20.3. The fourth-order valence-corrected chi connectivity index (χ4v) is 4.39. The van der Waals surface area contributed by atoms with Gasteiger partial charge < -0.3 is 11.1 Å². The van der Waals surface area contributed by atoms with Gasteiger partial charge in [-0.05, 0) is 54.7 Å². The smallest absolute Gasteiger partial charge is 0.253 e. The van der Waals surface area contributed by atoms with Crippen LogP contribution in [0.15, 0.2) is 47.4 Å². The first-order valence-electron chi connectivity index (χ1n) is 8.43. The van der Waals surface area contributed by atoms with E-state index in [1.165, 1.54) is 6.07 Å². The number of hydrogen-bond donors (Lipinski definition) is 2. The molecule has 0 aromatic heterocycles. The Labute approximate surface area is 160 Å². The predicted molar refractivity (Wildman–Crippen MR) is 105 cm³/mol. The van der Waals surface area contributed by atoms with Crippen molar-refractivity contribution in [1.82, 2.24) is 5.32 Å². The number of aryl methyl sites for hydroxylation is 1. The lowest BCUT2D eigenvalue weighted by Crippen LogP contribution is -2.32. The molecular formula is C19H23ClN2O3S. The summed E-state index contributed by atoms with van der Waals surface area (Å²) in [6, 6.07) is 12.0. The number of carbonyl (C=O) groups is 1. The standard InChI is InChI=1S/C19H22N2O3S.ClH/c1-2-25(23,24)18-9-4-3-7-16(18)19(22)21-17-8-5-6-13-12-14(20)10-11-15(13)17;/h3-4,7,9-12,17H,2,5-6,8,20H2,1H3,(H,21,22);1H. The molecule has 5 nitrogen and oxygen atoms in total. The molecule has 0 heterocycles. The van der Waals surface area contributed by atoms with Gasteiger partial charge in [0, 0.05) is 5.69 Å². The maximum atomic E-state index is 12.8. The molecule has 1 aliphatic carbocycles. The average Bonchev–Trinajstić information content (AvgIpc) is 2.61. The quantitative estimate of drug-likeness (QED) is 0.778. The van der Waals surface area contributed by atoms with Gasteiger partial charge in [-0.25, -0.2) is 8.42 Å². The Morgan fingerprint density at radius 2 is 1.96 bits per heavy atom. The van der Waals surface area contributed by atoms with Gasteiger partial charge >= 0.3 is 0 Å². The zero-order valence-electron chi connectivity index (χ0n) is 14.6. The van der Waals surface area contributed by atoms with Crippen molar-refractivity contribution < 1.29 is 13.2 Å². The molecule has 1 unspecified atom stereocenters. The number of sulfone groups is 1. The molecule has 1 amide bonds. The number of nitrogen functional groups attached to an aromatic ring is 1. The first-order valence-corrected chi connectivity index (χ1v) is 10.1. The minimum Gasteiger partial charge on any atom is -0.399 e. The van der Waals surface area contributed by atoms with Crippen molar-refractivity contribution >= 4 is 33.8 Å². The number of anilines is 1. The highest BCUT2D eigenvalue weighted by molar-refractivity contribution is 7.91. The van der Waals surface area contributed by atoms with Crippen LogP contribution < -0.4 is 11.1 Å². The van der Waals surface area contributed by atoms with E-state index < -0.39 is 9.84 Å².